The monoisotopic (exact) mass is 367 g/mol. The SMILES string of the molecule is COc1ccc2ccc(N3C(=O)c4ccccc4C3=O)nc2n1.O=C(O)O. The highest BCUT2D eigenvalue weighted by Gasteiger charge is 2.37. The molecule has 3 aromatic rings. The highest BCUT2D eigenvalue weighted by atomic mass is 16.6. The fourth-order valence-electron chi connectivity index (χ4n) is 2.61. The van der Waals surface area contributed by atoms with Crippen LogP contribution in [0.1, 0.15) is 20.7 Å². The van der Waals surface area contributed by atoms with Crippen molar-refractivity contribution in [3.8, 4) is 5.88 Å². The van der Waals surface area contributed by atoms with E-state index in [0.29, 0.717) is 22.7 Å². The lowest BCUT2D eigenvalue weighted by atomic mass is 10.1. The summed E-state index contributed by atoms with van der Waals surface area (Å²) in [7, 11) is 1.52. The van der Waals surface area contributed by atoms with E-state index in [1.807, 2.05) is 6.07 Å². The van der Waals surface area contributed by atoms with E-state index in [-0.39, 0.29) is 17.6 Å². The third kappa shape index (κ3) is 3.38. The molecule has 2 amide bonds. The molecule has 1 aliphatic rings. The Morgan fingerprint density at radius 3 is 2.04 bits per heavy atom. The van der Waals surface area contributed by atoms with Gasteiger partial charge >= 0.3 is 6.16 Å². The van der Waals surface area contributed by atoms with E-state index in [1.54, 1.807) is 42.5 Å². The number of carbonyl (C=O) groups excluding carboxylic acids is 2. The molecule has 0 fully saturated rings. The molecule has 0 aliphatic carbocycles. The number of imide groups is 1. The molecule has 1 aliphatic heterocycles. The zero-order chi connectivity index (χ0) is 19.6. The Morgan fingerprint density at radius 2 is 1.48 bits per heavy atom. The van der Waals surface area contributed by atoms with Gasteiger partial charge in [-0.25, -0.2) is 14.7 Å². The van der Waals surface area contributed by atoms with Crippen LogP contribution in [0.2, 0.25) is 0 Å². The topological polar surface area (TPSA) is 130 Å². The predicted octanol–water partition coefficient (Wildman–Crippen LogP) is 2.66. The molecule has 0 saturated heterocycles. The van der Waals surface area contributed by atoms with Gasteiger partial charge in [0.25, 0.3) is 11.8 Å². The summed E-state index contributed by atoms with van der Waals surface area (Å²) < 4.78 is 5.08. The van der Waals surface area contributed by atoms with Crippen LogP contribution in [-0.4, -0.2) is 45.3 Å². The van der Waals surface area contributed by atoms with Crippen molar-refractivity contribution in [3.05, 3.63) is 59.7 Å². The Bertz CT molecular complexity index is 1030. The molecule has 0 spiro atoms. The molecule has 1 aromatic carbocycles. The number of methoxy groups -OCH3 is 1. The van der Waals surface area contributed by atoms with Gasteiger partial charge in [0.15, 0.2) is 5.65 Å². The number of benzene rings is 1. The average Bonchev–Trinajstić information content (AvgIpc) is 2.91. The Hall–Kier alpha value is -4.01. The minimum Gasteiger partial charge on any atom is -0.481 e. The van der Waals surface area contributed by atoms with Crippen molar-refractivity contribution in [2.45, 2.75) is 0 Å². The molecular weight excluding hydrogens is 354 g/mol. The number of carbonyl (C=O) groups is 3. The molecule has 27 heavy (non-hydrogen) atoms. The molecule has 2 N–H and O–H groups in total. The number of rotatable bonds is 2. The number of nitrogens with zero attached hydrogens (tertiary/aromatic N) is 3. The number of amides is 2. The first-order chi connectivity index (χ1) is 12.9. The Balaban J connectivity index is 0.000000481. The first-order valence-electron chi connectivity index (χ1n) is 7.64. The van der Waals surface area contributed by atoms with E-state index >= 15 is 0 Å². The van der Waals surface area contributed by atoms with Crippen LogP contribution < -0.4 is 9.64 Å². The second-order valence-electron chi connectivity index (χ2n) is 5.34. The quantitative estimate of drug-likeness (QED) is 0.661. The van der Waals surface area contributed by atoms with Crippen LogP contribution in [0.4, 0.5) is 10.6 Å². The van der Waals surface area contributed by atoms with Gasteiger partial charge in [-0.1, -0.05) is 12.1 Å². The molecule has 0 unspecified atom stereocenters. The number of anilines is 1. The maximum atomic E-state index is 12.5. The highest BCUT2D eigenvalue weighted by molar-refractivity contribution is 6.34. The van der Waals surface area contributed by atoms with Crippen LogP contribution in [0, 0.1) is 0 Å². The summed E-state index contributed by atoms with van der Waals surface area (Å²) in [6.07, 6.45) is -1.83. The molecule has 0 saturated carbocycles. The van der Waals surface area contributed by atoms with Gasteiger partial charge in [-0.3, -0.25) is 9.59 Å². The van der Waals surface area contributed by atoms with Crippen molar-refractivity contribution < 1.29 is 29.3 Å². The lowest BCUT2D eigenvalue weighted by Gasteiger charge is -2.13. The molecule has 0 bridgehead atoms. The van der Waals surface area contributed by atoms with Gasteiger partial charge < -0.3 is 14.9 Å². The van der Waals surface area contributed by atoms with Crippen molar-refractivity contribution in [2.75, 3.05) is 12.0 Å². The summed E-state index contributed by atoms with van der Waals surface area (Å²) in [5, 5.41) is 14.7. The smallest absolute Gasteiger partial charge is 0.481 e. The molecule has 0 radical (unpaired) electrons. The molecule has 3 heterocycles. The maximum absolute atomic E-state index is 12.5. The summed E-state index contributed by atoms with van der Waals surface area (Å²) in [6.45, 7) is 0. The first-order valence-corrected chi connectivity index (χ1v) is 7.64. The van der Waals surface area contributed by atoms with Crippen molar-refractivity contribution in [1.82, 2.24) is 9.97 Å². The van der Waals surface area contributed by atoms with Gasteiger partial charge in [0.1, 0.15) is 5.82 Å². The zero-order valence-corrected chi connectivity index (χ0v) is 14.0. The van der Waals surface area contributed by atoms with Crippen LogP contribution >= 0.6 is 0 Å². The summed E-state index contributed by atoms with van der Waals surface area (Å²) in [6, 6.07) is 13.7. The number of carboxylic acid groups (broad SMARTS) is 2. The van der Waals surface area contributed by atoms with Crippen LogP contribution in [0.25, 0.3) is 11.0 Å². The minimum absolute atomic E-state index is 0.254. The molecular formula is C18H13N3O6. The van der Waals surface area contributed by atoms with E-state index in [2.05, 4.69) is 9.97 Å². The molecule has 2 aromatic heterocycles. The third-order valence-electron chi connectivity index (χ3n) is 3.74. The normalized spacial score (nSPS) is 12.4. The zero-order valence-electron chi connectivity index (χ0n) is 14.0. The third-order valence-corrected chi connectivity index (χ3v) is 3.74. The number of fused-ring (bicyclic) bond motifs is 2. The van der Waals surface area contributed by atoms with Crippen LogP contribution in [0.15, 0.2) is 48.5 Å². The number of hydrogen-bond acceptors (Lipinski definition) is 6. The molecule has 9 heteroatoms. The molecule has 136 valence electrons. The minimum atomic E-state index is -1.83. The second-order valence-corrected chi connectivity index (χ2v) is 5.34. The molecule has 0 atom stereocenters. The van der Waals surface area contributed by atoms with E-state index in [9.17, 15) is 9.59 Å². The second kappa shape index (κ2) is 7.08. The van der Waals surface area contributed by atoms with Gasteiger partial charge in [-0.05, 0) is 30.3 Å². The largest absolute Gasteiger partial charge is 0.503 e. The van der Waals surface area contributed by atoms with Gasteiger partial charge in [-0.2, -0.15) is 4.98 Å². The number of pyridine rings is 2. The highest BCUT2D eigenvalue weighted by Crippen LogP contribution is 2.28. The lowest BCUT2D eigenvalue weighted by Crippen LogP contribution is -2.30. The fourth-order valence-corrected chi connectivity index (χ4v) is 2.61. The number of ether oxygens (including phenoxy) is 1. The van der Waals surface area contributed by atoms with Crippen molar-refractivity contribution in [1.29, 1.82) is 0 Å². The van der Waals surface area contributed by atoms with Crippen molar-refractivity contribution in [3.63, 3.8) is 0 Å². The Labute approximate surface area is 152 Å². The van der Waals surface area contributed by atoms with Crippen molar-refractivity contribution >= 4 is 34.8 Å². The van der Waals surface area contributed by atoms with Gasteiger partial charge in [0.05, 0.1) is 18.2 Å². The van der Waals surface area contributed by atoms with Gasteiger partial charge in [-0.15, -0.1) is 0 Å². The maximum Gasteiger partial charge on any atom is 0.503 e. The Morgan fingerprint density at radius 1 is 0.926 bits per heavy atom. The van der Waals surface area contributed by atoms with Crippen LogP contribution in [-0.2, 0) is 0 Å². The first kappa shape index (κ1) is 17.8. The van der Waals surface area contributed by atoms with E-state index in [1.165, 1.54) is 7.11 Å². The summed E-state index contributed by atoms with van der Waals surface area (Å²) in [5.41, 5.74) is 1.19. The van der Waals surface area contributed by atoms with E-state index < -0.39 is 6.16 Å². The Kier molecular flexibility index (Phi) is 4.67. The van der Waals surface area contributed by atoms with Gasteiger partial charge in [0.2, 0.25) is 5.88 Å². The average molecular weight is 367 g/mol. The summed E-state index contributed by atoms with van der Waals surface area (Å²) in [4.78, 5) is 43.2. The molecule has 9 nitrogen and oxygen atoms in total. The summed E-state index contributed by atoms with van der Waals surface area (Å²) in [5.74, 6) is -0.0744. The lowest BCUT2D eigenvalue weighted by molar-refractivity contribution is 0.0924. The fraction of sp³-hybridized carbons (Fsp3) is 0.0556. The molecule has 4 rings (SSSR count). The van der Waals surface area contributed by atoms with E-state index in [0.717, 1.165) is 10.3 Å². The van der Waals surface area contributed by atoms with Crippen LogP contribution in [0.5, 0.6) is 5.88 Å². The van der Waals surface area contributed by atoms with E-state index in [4.69, 9.17) is 19.7 Å². The van der Waals surface area contributed by atoms with Crippen LogP contribution in [0.3, 0.4) is 0 Å². The standard InChI is InChI=1S/C17H11N3O3.CH2O3/c1-23-14-9-7-10-6-8-13(18-15(10)19-14)20-16(21)11-4-2-3-5-12(11)17(20)22;2-1(3)4/h2-9H,1H3;(H2,2,3,4). The number of hydrogen-bond donors (Lipinski definition) is 2. The van der Waals surface area contributed by atoms with Crippen molar-refractivity contribution in [2.24, 2.45) is 0 Å². The summed E-state index contributed by atoms with van der Waals surface area (Å²) >= 11 is 0. The number of aromatic nitrogens is 2. The van der Waals surface area contributed by atoms with Gasteiger partial charge in [0, 0.05) is 11.5 Å². The predicted molar refractivity (Wildman–Crippen MR) is 94.3 cm³/mol.